The maximum Gasteiger partial charge on any atom is 0.324 e. The van der Waals surface area contributed by atoms with Gasteiger partial charge in [0.15, 0.2) is 0 Å². The van der Waals surface area contributed by atoms with E-state index in [0.717, 1.165) is 0 Å². The van der Waals surface area contributed by atoms with Crippen molar-refractivity contribution in [1.82, 2.24) is 0 Å². The van der Waals surface area contributed by atoms with Gasteiger partial charge in [-0.1, -0.05) is 0 Å². The Morgan fingerprint density at radius 1 is 1.33 bits per heavy atom. The van der Waals surface area contributed by atoms with E-state index in [1.165, 1.54) is 0 Å². The van der Waals surface area contributed by atoms with Crippen molar-refractivity contribution in [3.8, 4) is 0 Å². The molecule has 6 nitrogen and oxygen atoms in total. The Hall–Kier alpha value is -0.210. The van der Waals surface area contributed by atoms with Crippen LogP contribution in [0, 0.1) is 0 Å². The number of aliphatic hydroxyl groups excluding tert-OH is 1. The second-order valence-corrected chi connectivity index (χ2v) is 2.98. The molecule has 0 rings (SSSR count). The van der Waals surface area contributed by atoms with Crippen LogP contribution in [0.2, 0.25) is 0 Å². The van der Waals surface area contributed by atoms with E-state index in [2.05, 4.69) is 0 Å². The van der Waals surface area contributed by atoms with Crippen molar-refractivity contribution in [2.24, 2.45) is 0 Å². The third-order valence-electron chi connectivity index (χ3n) is 0.619. The Balaban J connectivity index is 4.56. The summed E-state index contributed by atoms with van der Waals surface area (Å²) in [4.78, 5) is 0. The van der Waals surface area contributed by atoms with Gasteiger partial charge in [-0.05, 0) is 0 Å². The fourth-order valence-electron chi connectivity index (χ4n) is 0.0816. The molecule has 0 aliphatic carbocycles. The summed E-state index contributed by atoms with van der Waals surface area (Å²) in [6, 6.07) is 0. The molecule has 0 bridgehead atoms. The summed E-state index contributed by atoms with van der Waals surface area (Å²) >= 11 is 0. The van der Waals surface area contributed by atoms with Crippen molar-refractivity contribution in [1.29, 1.82) is 0 Å². The van der Waals surface area contributed by atoms with Crippen LogP contribution < -0.4 is 0 Å². The first-order valence-electron chi connectivity index (χ1n) is 1.84. The van der Waals surface area contributed by atoms with Crippen molar-refractivity contribution >= 4 is 10.1 Å². The third kappa shape index (κ3) is 1.88. The highest BCUT2D eigenvalue weighted by molar-refractivity contribution is 7.86. The van der Waals surface area contributed by atoms with Crippen molar-refractivity contribution in [2.75, 3.05) is 6.61 Å². The number of aliphatic hydroxyl groups is 3. The van der Waals surface area contributed by atoms with Gasteiger partial charge in [-0.2, -0.15) is 8.42 Å². The SMILES string of the molecule is O=S(=O)(O)C(O)(O)CO. The average Bonchev–Trinajstić information content (AvgIpc) is 1.64. The van der Waals surface area contributed by atoms with Gasteiger partial charge in [0, 0.05) is 0 Å². The highest BCUT2D eigenvalue weighted by Crippen LogP contribution is 2.05. The Morgan fingerprint density at radius 2 is 1.67 bits per heavy atom. The molecule has 0 unspecified atom stereocenters. The van der Waals surface area contributed by atoms with E-state index in [0.29, 0.717) is 0 Å². The smallest absolute Gasteiger partial charge is 0.324 e. The normalized spacial score (nSPS) is 13.8. The minimum absolute atomic E-state index is 1.47. The molecule has 4 N–H and O–H groups in total. The lowest BCUT2D eigenvalue weighted by atomic mass is 10.7. The highest BCUT2D eigenvalue weighted by Gasteiger charge is 2.37. The second kappa shape index (κ2) is 2.20. The predicted molar refractivity (Wildman–Crippen MR) is 25.8 cm³/mol. The zero-order valence-electron chi connectivity index (χ0n) is 4.22. The van der Waals surface area contributed by atoms with Gasteiger partial charge in [-0.3, -0.25) is 4.55 Å². The fourth-order valence-corrected chi connectivity index (χ4v) is 0.245. The van der Waals surface area contributed by atoms with Crippen molar-refractivity contribution < 1.29 is 28.3 Å². The zero-order chi connectivity index (χ0) is 7.71. The van der Waals surface area contributed by atoms with Crippen molar-refractivity contribution in [2.45, 2.75) is 5.12 Å². The Labute approximate surface area is 51.1 Å². The minimum atomic E-state index is -4.99. The maximum atomic E-state index is 9.78. The van der Waals surface area contributed by atoms with Crippen LogP contribution in [0.15, 0.2) is 0 Å². The minimum Gasteiger partial charge on any atom is -0.389 e. The molecule has 0 fully saturated rings. The second-order valence-electron chi connectivity index (χ2n) is 1.38. The van der Waals surface area contributed by atoms with Crippen LogP contribution in [0.5, 0.6) is 0 Å². The van der Waals surface area contributed by atoms with Gasteiger partial charge in [-0.25, -0.2) is 0 Å². The summed E-state index contributed by atoms with van der Waals surface area (Å²) in [5.74, 6) is 0. The topological polar surface area (TPSA) is 115 Å². The summed E-state index contributed by atoms with van der Waals surface area (Å²) in [7, 11) is -4.99. The van der Waals surface area contributed by atoms with Gasteiger partial charge in [0.05, 0.1) is 0 Å². The summed E-state index contributed by atoms with van der Waals surface area (Å²) in [5, 5.41) is 20.7. The summed E-state index contributed by atoms with van der Waals surface area (Å²) in [6.45, 7) is -1.47. The van der Waals surface area contributed by atoms with Gasteiger partial charge in [0.1, 0.15) is 6.61 Å². The van der Waals surface area contributed by atoms with Crippen LogP contribution >= 0.6 is 0 Å². The lowest BCUT2D eigenvalue weighted by Gasteiger charge is -2.13. The molecule has 0 aromatic carbocycles. The van der Waals surface area contributed by atoms with Gasteiger partial charge in [0.25, 0.3) is 0 Å². The van der Waals surface area contributed by atoms with Gasteiger partial charge in [-0.15, -0.1) is 0 Å². The van der Waals surface area contributed by atoms with Crippen molar-refractivity contribution in [3.63, 3.8) is 0 Å². The standard InChI is InChI=1S/C2H6O6S/c3-1-2(4,5)9(6,7)8/h3-5H,1H2,(H,6,7,8). The zero-order valence-corrected chi connectivity index (χ0v) is 5.04. The molecule has 0 radical (unpaired) electrons. The molecule has 0 heterocycles. The van der Waals surface area contributed by atoms with E-state index in [1.54, 1.807) is 0 Å². The molecule has 0 atom stereocenters. The van der Waals surface area contributed by atoms with Crippen LogP contribution in [0.3, 0.4) is 0 Å². The molecule has 0 saturated heterocycles. The summed E-state index contributed by atoms with van der Waals surface area (Å²) in [6.07, 6.45) is 0. The van der Waals surface area contributed by atoms with Crippen molar-refractivity contribution in [3.05, 3.63) is 0 Å². The van der Waals surface area contributed by atoms with E-state index >= 15 is 0 Å². The lowest BCUT2D eigenvalue weighted by Crippen LogP contribution is -2.41. The summed E-state index contributed by atoms with van der Waals surface area (Å²) < 4.78 is 27.4. The first kappa shape index (κ1) is 8.79. The van der Waals surface area contributed by atoms with Gasteiger partial charge >= 0.3 is 15.2 Å². The van der Waals surface area contributed by atoms with E-state index in [9.17, 15) is 8.42 Å². The molecule has 0 aliphatic rings. The quantitative estimate of drug-likeness (QED) is 0.261. The van der Waals surface area contributed by atoms with Crippen LogP contribution in [0.4, 0.5) is 0 Å². The lowest BCUT2D eigenvalue weighted by molar-refractivity contribution is -0.121. The first-order chi connectivity index (χ1) is 3.81. The molecule has 0 saturated carbocycles. The van der Waals surface area contributed by atoms with Gasteiger partial charge < -0.3 is 15.3 Å². The number of hydrogen-bond donors (Lipinski definition) is 4. The molecule has 0 aromatic rings. The Kier molecular flexibility index (Phi) is 2.14. The van der Waals surface area contributed by atoms with E-state index in [1.807, 2.05) is 0 Å². The van der Waals surface area contributed by atoms with E-state index in [-0.39, 0.29) is 0 Å². The molecule has 7 heteroatoms. The highest BCUT2D eigenvalue weighted by atomic mass is 32.2. The predicted octanol–water partition coefficient (Wildman–Crippen LogP) is -2.50. The van der Waals surface area contributed by atoms with Crippen LogP contribution in [0.25, 0.3) is 0 Å². The van der Waals surface area contributed by atoms with E-state index in [4.69, 9.17) is 19.9 Å². The molecular weight excluding hydrogens is 152 g/mol. The van der Waals surface area contributed by atoms with Crippen LogP contribution in [0.1, 0.15) is 0 Å². The third-order valence-corrected chi connectivity index (χ3v) is 1.57. The molecular formula is C2H6O6S. The van der Waals surface area contributed by atoms with Crippen LogP contribution in [-0.4, -0.2) is 40.0 Å². The molecule has 56 valence electrons. The largest absolute Gasteiger partial charge is 0.389 e. The molecule has 0 amide bonds. The van der Waals surface area contributed by atoms with Gasteiger partial charge in [0.2, 0.25) is 0 Å². The van der Waals surface area contributed by atoms with E-state index < -0.39 is 21.8 Å². The fraction of sp³-hybridized carbons (Fsp3) is 1.00. The number of hydrogen-bond acceptors (Lipinski definition) is 5. The average molecular weight is 158 g/mol. The number of rotatable bonds is 2. The van der Waals surface area contributed by atoms with Crippen LogP contribution in [-0.2, 0) is 10.1 Å². The Morgan fingerprint density at radius 3 is 1.67 bits per heavy atom. The monoisotopic (exact) mass is 158 g/mol. The molecule has 0 aromatic heterocycles. The molecule has 0 aliphatic heterocycles. The first-order valence-corrected chi connectivity index (χ1v) is 3.28. The Bertz CT molecular complexity index is 177. The summed E-state index contributed by atoms with van der Waals surface area (Å²) in [5.41, 5.74) is 0. The molecule has 9 heavy (non-hydrogen) atoms. The maximum absolute atomic E-state index is 9.78. The molecule has 0 spiro atoms.